The number of halogens is 2. The Kier molecular flexibility index (Phi) is 4.35. The number of hydrogen-bond donors (Lipinski definition) is 2. The van der Waals surface area contributed by atoms with E-state index in [1.54, 1.807) is 0 Å². The molecule has 0 atom stereocenters. The number of amides is 1. The first-order valence-corrected chi connectivity index (χ1v) is 7.86. The third-order valence-corrected chi connectivity index (χ3v) is 4.40. The molecule has 1 heterocycles. The van der Waals surface area contributed by atoms with Crippen LogP contribution in [0.3, 0.4) is 0 Å². The molecule has 2 aromatic rings. The molecule has 0 saturated carbocycles. The van der Waals surface area contributed by atoms with Crippen molar-refractivity contribution in [3.05, 3.63) is 52.5 Å². The SMILES string of the molecule is NS(=O)(=O)c1ccc(NC(=O)c2ccncc2F)cc1Br. The Hall–Kier alpha value is -1.84. The Balaban J connectivity index is 2.27. The smallest absolute Gasteiger partial charge is 0.258 e. The molecule has 0 aliphatic rings. The highest BCUT2D eigenvalue weighted by molar-refractivity contribution is 9.10. The first-order chi connectivity index (χ1) is 9.79. The Bertz CT molecular complexity index is 811. The predicted molar refractivity (Wildman–Crippen MR) is 77.7 cm³/mol. The van der Waals surface area contributed by atoms with Crippen LogP contribution in [0.2, 0.25) is 0 Å². The molecule has 0 spiro atoms. The summed E-state index contributed by atoms with van der Waals surface area (Å²) in [5, 5.41) is 7.46. The Labute approximate surface area is 128 Å². The summed E-state index contributed by atoms with van der Waals surface area (Å²) >= 11 is 3.05. The van der Waals surface area contributed by atoms with E-state index in [0.717, 1.165) is 6.20 Å². The number of sulfonamides is 1. The number of pyridine rings is 1. The number of nitrogens with one attached hydrogen (secondary N) is 1. The van der Waals surface area contributed by atoms with Gasteiger partial charge in [-0.25, -0.2) is 17.9 Å². The molecule has 9 heteroatoms. The van der Waals surface area contributed by atoms with E-state index in [2.05, 4.69) is 26.2 Å². The van der Waals surface area contributed by atoms with Crippen LogP contribution in [0.1, 0.15) is 10.4 Å². The quantitative estimate of drug-likeness (QED) is 0.857. The van der Waals surface area contributed by atoms with Crippen molar-refractivity contribution < 1.29 is 17.6 Å². The minimum atomic E-state index is -3.87. The minimum Gasteiger partial charge on any atom is -0.322 e. The number of hydrogen-bond acceptors (Lipinski definition) is 4. The van der Waals surface area contributed by atoms with Crippen LogP contribution in [-0.2, 0) is 10.0 Å². The molecule has 1 amide bonds. The maximum atomic E-state index is 13.4. The molecule has 110 valence electrons. The van der Waals surface area contributed by atoms with Crippen LogP contribution in [0.25, 0.3) is 0 Å². The number of carbonyl (C=O) groups excluding carboxylic acids is 1. The number of aromatic nitrogens is 1. The van der Waals surface area contributed by atoms with Gasteiger partial charge in [-0.1, -0.05) is 0 Å². The van der Waals surface area contributed by atoms with E-state index >= 15 is 0 Å². The fraction of sp³-hybridized carbons (Fsp3) is 0. The third-order valence-electron chi connectivity index (χ3n) is 2.51. The fourth-order valence-electron chi connectivity index (χ4n) is 1.57. The van der Waals surface area contributed by atoms with Gasteiger partial charge in [0.1, 0.15) is 0 Å². The topological polar surface area (TPSA) is 102 Å². The monoisotopic (exact) mass is 373 g/mol. The van der Waals surface area contributed by atoms with Crippen LogP contribution in [0.15, 0.2) is 46.0 Å². The first kappa shape index (κ1) is 15.5. The van der Waals surface area contributed by atoms with Gasteiger partial charge in [0.25, 0.3) is 5.91 Å². The normalized spacial score (nSPS) is 11.2. The lowest BCUT2D eigenvalue weighted by atomic mass is 10.2. The summed E-state index contributed by atoms with van der Waals surface area (Å²) in [4.78, 5) is 15.3. The van der Waals surface area contributed by atoms with Gasteiger partial charge in [0, 0.05) is 16.4 Å². The minimum absolute atomic E-state index is 0.115. The largest absolute Gasteiger partial charge is 0.322 e. The van der Waals surface area contributed by atoms with E-state index in [4.69, 9.17) is 5.14 Å². The second-order valence-electron chi connectivity index (χ2n) is 4.00. The summed E-state index contributed by atoms with van der Waals surface area (Å²) in [7, 11) is -3.87. The van der Waals surface area contributed by atoms with Gasteiger partial charge in [0.05, 0.1) is 16.7 Å². The maximum absolute atomic E-state index is 13.4. The van der Waals surface area contributed by atoms with E-state index in [1.807, 2.05) is 0 Å². The van der Waals surface area contributed by atoms with Gasteiger partial charge in [-0.3, -0.25) is 9.78 Å². The Morgan fingerprint density at radius 1 is 1.33 bits per heavy atom. The van der Waals surface area contributed by atoms with Crippen molar-refractivity contribution in [1.29, 1.82) is 0 Å². The van der Waals surface area contributed by atoms with Gasteiger partial charge in [-0.15, -0.1) is 0 Å². The molecule has 21 heavy (non-hydrogen) atoms. The molecule has 3 N–H and O–H groups in total. The molecule has 0 aliphatic heterocycles. The van der Waals surface area contributed by atoms with Gasteiger partial charge < -0.3 is 5.32 Å². The molecule has 0 bridgehead atoms. The molecule has 1 aromatic heterocycles. The van der Waals surface area contributed by atoms with Gasteiger partial charge in [0.15, 0.2) is 5.82 Å². The maximum Gasteiger partial charge on any atom is 0.258 e. The van der Waals surface area contributed by atoms with Crippen LogP contribution >= 0.6 is 15.9 Å². The summed E-state index contributed by atoms with van der Waals surface area (Å²) in [6.07, 6.45) is 2.22. The standard InChI is InChI=1S/C12H9BrFN3O3S/c13-9-5-7(1-2-11(9)21(15,19)20)17-12(18)8-3-4-16-6-10(8)14/h1-6H,(H,17,18)(H2,15,19,20). The van der Waals surface area contributed by atoms with Crippen molar-refractivity contribution in [3.63, 3.8) is 0 Å². The lowest BCUT2D eigenvalue weighted by Gasteiger charge is -2.08. The average Bonchev–Trinajstić information content (AvgIpc) is 2.37. The van der Waals surface area contributed by atoms with E-state index < -0.39 is 21.7 Å². The molecular weight excluding hydrogens is 365 g/mol. The average molecular weight is 374 g/mol. The van der Waals surface area contributed by atoms with E-state index in [0.29, 0.717) is 0 Å². The molecule has 1 aromatic carbocycles. The van der Waals surface area contributed by atoms with Gasteiger partial charge in [-0.05, 0) is 40.2 Å². The zero-order chi connectivity index (χ0) is 15.6. The van der Waals surface area contributed by atoms with Crippen molar-refractivity contribution in [3.8, 4) is 0 Å². The number of nitrogens with two attached hydrogens (primary N) is 1. The predicted octanol–water partition coefficient (Wildman–Crippen LogP) is 1.88. The second-order valence-corrected chi connectivity index (χ2v) is 6.38. The molecule has 0 fully saturated rings. The fourth-order valence-corrected chi connectivity index (χ4v) is 3.21. The first-order valence-electron chi connectivity index (χ1n) is 5.52. The molecule has 0 unspecified atom stereocenters. The number of primary sulfonamides is 1. The van der Waals surface area contributed by atoms with Crippen LogP contribution in [0.4, 0.5) is 10.1 Å². The summed E-state index contributed by atoms with van der Waals surface area (Å²) < 4.78 is 36.1. The highest BCUT2D eigenvalue weighted by Gasteiger charge is 2.15. The van der Waals surface area contributed by atoms with Crippen LogP contribution in [-0.4, -0.2) is 19.3 Å². The number of nitrogens with zero attached hydrogens (tertiary/aromatic N) is 1. The molecule has 0 saturated heterocycles. The molecule has 2 rings (SSSR count). The summed E-state index contributed by atoms with van der Waals surface area (Å²) in [6, 6.07) is 5.18. The second kappa shape index (κ2) is 5.88. The van der Waals surface area contributed by atoms with Gasteiger partial charge in [-0.2, -0.15) is 0 Å². The number of rotatable bonds is 3. The van der Waals surface area contributed by atoms with Crippen molar-refractivity contribution in [2.45, 2.75) is 4.90 Å². The Morgan fingerprint density at radius 3 is 2.62 bits per heavy atom. The zero-order valence-corrected chi connectivity index (χ0v) is 12.8. The van der Waals surface area contributed by atoms with E-state index in [9.17, 15) is 17.6 Å². The highest BCUT2D eigenvalue weighted by Crippen LogP contribution is 2.25. The summed E-state index contributed by atoms with van der Waals surface area (Å²) in [5.41, 5.74) is 0.118. The third kappa shape index (κ3) is 3.63. The summed E-state index contributed by atoms with van der Waals surface area (Å²) in [5.74, 6) is -1.43. The molecule has 0 radical (unpaired) electrons. The molecule has 0 aliphatic carbocycles. The van der Waals surface area contributed by atoms with Crippen LogP contribution in [0, 0.1) is 5.82 Å². The van der Waals surface area contributed by atoms with Crippen molar-refractivity contribution in [2.75, 3.05) is 5.32 Å². The highest BCUT2D eigenvalue weighted by atomic mass is 79.9. The number of anilines is 1. The van der Waals surface area contributed by atoms with Crippen molar-refractivity contribution in [1.82, 2.24) is 4.98 Å². The molecule has 6 nitrogen and oxygen atoms in total. The van der Waals surface area contributed by atoms with Gasteiger partial charge >= 0.3 is 0 Å². The van der Waals surface area contributed by atoms with Crippen LogP contribution in [0.5, 0.6) is 0 Å². The lowest BCUT2D eigenvalue weighted by molar-refractivity contribution is 0.102. The lowest BCUT2D eigenvalue weighted by Crippen LogP contribution is -2.15. The molecular formula is C12H9BrFN3O3S. The van der Waals surface area contributed by atoms with Crippen molar-refractivity contribution in [2.24, 2.45) is 5.14 Å². The number of benzene rings is 1. The summed E-state index contributed by atoms with van der Waals surface area (Å²) in [6.45, 7) is 0. The zero-order valence-electron chi connectivity index (χ0n) is 10.4. The van der Waals surface area contributed by atoms with E-state index in [1.165, 1.54) is 30.5 Å². The van der Waals surface area contributed by atoms with Crippen molar-refractivity contribution >= 4 is 37.5 Å². The van der Waals surface area contributed by atoms with Crippen LogP contribution < -0.4 is 10.5 Å². The Morgan fingerprint density at radius 2 is 2.05 bits per heavy atom. The number of carbonyl (C=O) groups is 1. The van der Waals surface area contributed by atoms with E-state index in [-0.39, 0.29) is 20.6 Å². The van der Waals surface area contributed by atoms with Gasteiger partial charge in [0.2, 0.25) is 10.0 Å².